The van der Waals surface area contributed by atoms with Crippen molar-refractivity contribution >= 4 is 20.4 Å². The van der Waals surface area contributed by atoms with Crippen LogP contribution in [0.3, 0.4) is 0 Å². The van der Waals surface area contributed by atoms with Gasteiger partial charge < -0.3 is 9.33 Å². The molecule has 0 atom stereocenters. The Labute approximate surface area is 78.9 Å². The van der Waals surface area contributed by atoms with E-state index in [0.717, 1.165) is 0 Å². The lowest BCUT2D eigenvalue weighted by Gasteiger charge is -2.26. The highest BCUT2D eigenvalue weighted by atomic mass is 28.4. The second kappa shape index (κ2) is 3.37. The van der Waals surface area contributed by atoms with Crippen molar-refractivity contribution in [2.75, 3.05) is 13.7 Å². The number of amides is 2. The summed E-state index contributed by atoms with van der Waals surface area (Å²) < 4.78 is 5.53. The molecule has 0 saturated carbocycles. The van der Waals surface area contributed by atoms with E-state index < -0.39 is 8.32 Å². The standard InChI is InChI=1S/C7H15N3O2Si/c1-10-5-8-6(9-7(10)11)12-13(2,3)4/h5H2,1-4H3,(H,8,9,11). The highest BCUT2D eigenvalue weighted by Crippen LogP contribution is 2.05. The molecule has 0 fully saturated rings. The molecule has 0 spiro atoms. The summed E-state index contributed by atoms with van der Waals surface area (Å²) in [4.78, 5) is 16.7. The van der Waals surface area contributed by atoms with Crippen molar-refractivity contribution in [2.24, 2.45) is 4.99 Å². The van der Waals surface area contributed by atoms with Gasteiger partial charge in [0.1, 0.15) is 6.67 Å². The molecule has 0 bridgehead atoms. The lowest BCUT2D eigenvalue weighted by atomic mass is 10.7. The van der Waals surface area contributed by atoms with Crippen LogP contribution in [-0.4, -0.2) is 39.0 Å². The van der Waals surface area contributed by atoms with Crippen molar-refractivity contribution in [2.45, 2.75) is 19.6 Å². The molecule has 0 unspecified atom stereocenters. The Morgan fingerprint density at radius 2 is 2.15 bits per heavy atom. The van der Waals surface area contributed by atoms with Crippen molar-refractivity contribution in [3.8, 4) is 0 Å². The molecule has 0 aromatic heterocycles. The SMILES string of the molecule is CN1CN=C(O[Si](C)(C)C)NC1=O. The molecule has 1 aliphatic heterocycles. The second-order valence-corrected chi connectivity index (χ2v) is 8.38. The molecule has 0 aromatic rings. The number of hydrogen-bond acceptors (Lipinski definition) is 3. The normalized spacial score (nSPS) is 18.0. The van der Waals surface area contributed by atoms with Gasteiger partial charge in [-0.05, 0) is 19.6 Å². The van der Waals surface area contributed by atoms with Gasteiger partial charge in [0.05, 0.1) is 0 Å². The van der Waals surface area contributed by atoms with Crippen LogP contribution in [0.1, 0.15) is 0 Å². The number of carbonyl (C=O) groups is 1. The number of carbonyl (C=O) groups excluding carboxylic acids is 1. The third-order valence-electron chi connectivity index (χ3n) is 1.39. The molecule has 74 valence electrons. The average molecular weight is 201 g/mol. The van der Waals surface area contributed by atoms with Crippen LogP contribution in [0.15, 0.2) is 4.99 Å². The molecule has 2 amide bonds. The fourth-order valence-corrected chi connectivity index (χ4v) is 1.50. The molecular formula is C7H15N3O2Si. The first-order valence-corrected chi connectivity index (χ1v) is 7.55. The van der Waals surface area contributed by atoms with Crippen molar-refractivity contribution in [1.82, 2.24) is 10.2 Å². The summed E-state index contributed by atoms with van der Waals surface area (Å²) >= 11 is 0. The minimum absolute atomic E-state index is 0.164. The predicted octanol–water partition coefficient (Wildman–Crippen LogP) is 0.806. The maximum Gasteiger partial charge on any atom is 0.326 e. The van der Waals surface area contributed by atoms with Gasteiger partial charge in [-0.2, -0.15) is 0 Å². The first-order valence-electron chi connectivity index (χ1n) is 4.14. The van der Waals surface area contributed by atoms with Crippen LogP contribution in [0.5, 0.6) is 0 Å². The third-order valence-corrected chi connectivity index (χ3v) is 2.20. The highest BCUT2D eigenvalue weighted by molar-refractivity contribution is 6.71. The molecule has 5 nitrogen and oxygen atoms in total. The monoisotopic (exact) mass is 201 g/mol. The summed E-state index contributed by atoms with van der Waals surface area (Å²) in [5, 5.41) is 2.57. The Bertz CT molecular complexity index is 247. The van der Waals surface area contributed by atoms with E-state index >= 15 is 0 Å². The van der Waals surface area contributed by atoms with Crippen molar-refractivity contribution in [3.05, 3.63) is 0 Å². The van der Waals surface area contributed by atoms with Gasteiger partial charge >= 0.3 is 6.03 Å². The largest absolute Gasteiger partial charge is 0.519 e. The number of nitrogens with one attached hydrogen (secondary N) is 1. The van der Waals surface area contributed by atoms with Gasteiger partial charge in [-0.25, -0.2) is 9.79 Å². The first-order chi connectivity index (χ1) is 5.88. The van der Waals surface area contributed by atoms with Crippen LogP contribution in [0.2, 0.25) is 19.6 Å². The van der Waals surface area contributed by atoms with Crippen LogP contribution in [-0.2, 0) is 4.43 Å². The van der Waals surface area contributed by atoms with E-state index in [-0.39, 0.29) is 6.03 Å². The number of hydrogen-bond donors (Lipinski definition) is 1. The minimum atomic E-state index is -1.66. The van der Waals surface area contributed by atoms with Crippen molar-refractivity contribution < 1.29 is 9.22 Å². The average Bonchev–Trinajstić information content (AvgIpc) is 1.94. The molecule has 0 aliphatic carbocycles. The van der Waals surface area contributed by atoms with Gasteiger partial charge in [0.2, 0.25) is 8.32 Å². The molecular weight excluding hydrogens is 186 g/mol. The Balaban J connectivity index is 2.59. The van der Waals surface area contributed by atoms with Gasteiger partial charge in [-0.3, -0.25) is 5.32 Å². The number of urea groups is 1. The fraction of sp³-hybridized carbons (Fsp3) is 0.714. The van der Waals surface area contributed by atoms with Gasteiger partial charge in [-0.15, -0.1) is 0 Å². The molecule has 1 N–H and O–H groups in total. The Kier molecular flexibility index (Phi) is 2.60. The van der Waals surface area contributed by atoms with Crippen LogP contribution < -0.4 is 5.32 Å². The zero-order chi connectivity index (χ0) is 10.1. The van der Waals surface area contributed by atoms with E-state index in [1.165, 1.54) is 4.90 Å². The van der Waals surface area contributed by atoms with Crippen molar-refractivity contribution in [1.29, 1.82) is 0 Å². The molecule has 1 aliphatic rings. The van der Waals surface area contributed by atoms with Crippen LogP contribution >= 0.6 is 0 Å². The predicted molar refractivity (Wildman–Crippen MR) is 53.0 cm³/mol. The lowest BCUT2D eigenvalue weighted by Crippen LogP contribution is -2.49. The molecule has 0 radical (unpaired) electrons. The quantitative estimate of drug-likeness (QED) is 0.638. The van der Waals surface area contributed by atoms with Crippen LogP contribution in [0.4, 0.5) is 4.79 Å². The molecule has 0 aromatic carbocycles. The number of amidine groups is 1. The zero-order valence-electron chi connectivity index (χ0n) is 8.42. The highest BCUT2D eigenvalue weighted by Gasteiger charge is 2.23. The van der Waals surface area contributed by atoms with Gasteiger partial charge in [-0.1, -0.05) is 0 Å². The lowest BCUT2D eigenvalue weighted by molar-refractivity contribution is 0.209. The van der Waals surface area contributed by atoms with Gasteiger partial charge in [0.25, 0.3) is 6.02 Å². The Hall–Kier alpha value is -1.04. The number of nitrogens with zero attached hydrogens (tertiary/aromatic N) is 2. The van der Waals surface area contributed by atoms with E-state index in [1.54, 1.807) is 7.05 Å². The summed E-state index contributed by atoms with van der Waals surface area (Å²) in [7, 11) is 0.0244. The van der Waals surface area contributed by atoms with Crippen LogP contribution in [0.25, 0.3) is 0 Å². The maximum atomic E-state index is 11.2. The molecule has 0 saturated heterocycles. The molecule has 13 heavy (non-hydrogen) atoms. The summed E-state index contributed by atoms with van der Waals surface area (Å²) in [5.74, 6) is 0. The third kappa shape index (κ3) is 3.06. The summed E-state index contributed by atoms with van der Waals surface area (Å²) in [6.07, 6.45) is 0. The zero-order valence-corrected chi connectivity index (χ0v) is 9.42. The van der Waals surface area contributed by atoms with Crippen LogP contribution in [0, 0.1) is 0 Å². The van der Waals surface area contributed by atoms with Gasteiger partial charge in [0.15, 0.2) is 0 Å². The van der Waals surface area contributed by atoms with E-state index in [1.807, 2.05) is 19.6 Å². The smallest absolute Gasteiger partial charge is 0.326 e. The number of aliphatic imine (C=N–C) groups is 1. The summed E-state index contributed by atoms with van der Waals surface area (Å²) in [5.41, 5.74) is 0. The second-order valence-electron chi connectivity index (χ2n) is 3.95. The summed E-state index contributed by atoms with van der Waals surface area (Å²) in [6.45, 7) is 6.49. The maximum absolute atomic E-state index is 11.2. The summed E-state index contributed by atoms with van der Waals surface area (Å²) in [6, 6.07) is 0.200. The number of rotatable bonds is 1. The van der Waals surface area contributed by atoms with Gasteiger partial charge in [0, 0.05) is 7.05 Å². The molecule has 1 rings (SSSR count). The van der Waals surface area contributed by atoms with E-state index in [4.69, 9.17) is 4.43 Å². The Morgan fingerprint density at radius 1 is 1.54 bits per heavy atom. The fourth-order valence-electron chi connectivity index (χ4n) is 0.809. The molecule has 6 heteroatoms. The Morgan fingerprint density at radius 3 is 2.62 bits per heavy atom. The molecule has 1 heterocycles. The van der Waals surface area contributed by atoms with E-state index in [9.17, 15) is 4.79 Å². The minimum Gasteiger partial charge on any atom is -0.519 e. The van der Waals surface area contributed by atoms with E-state index in [2.05, 4.69) is 10.3 Å². The first kappa shape index (κ1) is 10.0. The topological polar surface area (TPSA) is 53.9 Å². The van der Waals surface area contributed by atoms with E-state index in [0.29, 0.717) is 12.7 Å². The van der Waals surface area contributed by atoms with Crippen molar-refractivity contribution in [3.63, 3.8) is 0 Å².